The van der Waals surface area contributed by atoms with E-state index in [1.54, 1.807) is 62.3 Å². The maximum absolute atomic E-state index is 15.1. The quantitative estimate of drug-likeness (QED) is 0.0230. The molecule has 692 valence electrons. The molecule has 1 rings (SSSR count). The highest BCUT2D eigenvalue weighted by atomic mass is 16.5. The molecule has 1 aliphatic rings. The largest absolute Gasteiger partial charge is 0.481 e. The molecule has 0 aliphatic carbocycles. The zero-order valence-corrected chi connectivity index (χ0v) is 73.7. The summed E-state index contributed by atoms with van der Waals surface area (Å²) in [5, 5.41) is 55.5. The van der Waals surface area contributed by atoms with Crippen LogP contribution in [0.3, 0.4) is 0 Å². The summed E-state index contributed by atoms with van der Waals surface area (Å²) >= 11 is 0. The van der Waals surface area contributed by atoms with Gasteiger partial charge in [0.15, 0.2) is 0 Å². The Kier molecular flexibility index (Phi) is 50.3. The molecule has 24 N–H and O–H groups in total. The fourth-order valence-corrected chi connectivity index (χ4v) is 12.9. The molecule has 18 amide bonds. The first-order chi connectivity index (χ1) is 56.9. The third kappa shape index (κ3) is 43.2. The van der Waals surface area contributed by atoms with E-state index in [1.807, 2.05) is 0 Å². The van der Waals surface area contributed by atoms with E-state index >= 15 is 9.59 Å². The van der Waals surface area contributed by atoms with Gasteiger partial charge >= 0.3 is 11.9 Å². The van der Waals surface area contributed by atoms with Crippen LogP contribution in [-0.4, -0.2) is 226 Å². The molecule has 0 aromatic carbocycles. The van der Waals surface area contributed by atoms with Crippen molar-refractivity contribution in [3.05, 3.63) is 0 Å². The van der Waals surface area contributed by atoms with E-state index in [0.29, 0.717) is 12.8 Å². The number of primary amides is 4. The van der Waals surface area contributed by atoms with E-state index in [4.69, 9.17) is 27.7 Å². The summed E-state index contributed by atoms with van der Waals surface area (Å²) in [6.07, 6.45) is -2.25. The number of esters is 1. The number of unbranched alkanes of at least 4 members (excludes halogenated alkanes) is 4. The molecular weight excluding hydrogens is 1590 g/mol. The van der Waals surface area contributed by atoms with E-state index in [9.17, 15) is 96.5 Å². The van der Waals surface area contributed by atoms with Crippen LogP contribution in [0.25, 0.3) is 0 Å². The van der Waals surface area contributed by atoms with Crippen molar-refractivity contribution in [3.8, 4) is 0 Å². The lowest BCUT2D eigenvalue weighted by Crippen LogP contribution is -2.62. The van der Waals surface area contributed by atoms with Gasteiger partial charge in [0.25, 0.3) is 0 Å². The number of aliphatic hydroxyl groups is 1. The summed E-state index contributed by atoms with van der Waals surface area (Å²) in [5.74, 6) is -24.9. The molecular formula is C81H140N18O23. The number of aliphatic hydroxyl groups excluding tert-OH is 1. The average molecular weight is 1730 g/mol. The Morgan fingerprint density at radius 3 is 1.26 bits per heavy atom. The highest BCUT2D eigenvalue weighted by molar-refractivity contribution is 6.01. The summed E-state index contributed by atoms with van der Waals surface area (Å²) in [7, 11) is 0. The summed E-state index contributed by atoms with van der Waals surface area (Å²) in [4.78, 5) is 278. The van der Waals surface area contributed by atoms with Crippen LogP contribution in [-0.2, 0) is 101 Å². The maximum Gasteiger partial charge on any atom is 0.329 e. The fourth-order valence-electron chi connectivity index (χ4n) is 12.9. The number of cyclic esters (lactones) is 1. The molecule has 1 fully saturated rings. The van der Waals surface area contributed by atoms with Gasteiger partial charge in [0.1, 0.15) is 91.2 Å². The number of nitrogens with one attached hydrogen (secondary N) is 14. The lowest BCUT2D eigenvalue weighted by atomic mass is 9.98. The third-order valence-corrected chi connectivity index (χ3v) is 20.0. The van der Waals surface area contributed by atoms with Gasteiger partial charge in [0, 0.05) is 32.1 Å². The molecule has 1 saturated heterocycles. The minimum atomic E-state index is -2.11. The molecule has 0 aromatic rings. The van der Waals surface area contributed by atoms with Gasteiger partial charge in [0.05, 0.1) is 12.5 Å². The van der Waals surface area contributed by atoms with Gasteiger partial charge in [-0.05, 0) is 113 Å². The van der Waals surface area contributed by atoms with Crippen molar-refractivity contribution in [2.24, 2.45) is 64.4 Å². The van der Waals surface area contributed by atoms with Gasteiger partial charge in [-0.1, -0.05) is 142 Å². The van der Waals surface area contributed by atoms with E-state index in [0.717, 1.165) is 25.7 Å². The van der Waals surface area contributed by atoms with Crippen LogP contribution < -0.4 is 97.4 Å². The second-order valence-electron chi connectivity index (χ2n) is 33.9. The number of carboxylic acid groups (broad SMARTS) is 1. The second-order valence-corrected chi connectivity index (χ2v) is 33.9. The number of ether oxygens (including phenoxy) is 1. The molecule has 0 radical (unpaired) electrons. The number of rotatable bonds is 48. The highest BCUT2D eigenvalue weighted by Gasteiger charge is 2.41. The third-order valence-electron chi connectivity index (χ3n) is 20.0. The molecule has 16 atom stereocenters. The predicted octanol–water partition coefficient (Wildman–Crippen LogP) is -2.07. The zero-order chi connectivity index (χ0) is 93.1. The number of carbonyl (C=O) groups is 20. The Morgan fingerprint density at radius 2 is 0.828 bits per heavy atom. The second kappa shape index (κ2) is 56.1. The number of hydrogen-bond acceptors (Lipinski definition) is 22. The molecule has 1 heterocycles. The normalized spacial score (nSPS) is 20.8. The van der Waals surface area contributed by atoms with E-state index in [1.165, 1.54) is 41.5 Å². The monoisotopic (exact) mass is 1730 g/mol. The summed E-state index contributed by atoms with van der Waals surface area (Å²) in [6, 6.07) is -22.9. The van der Waals surface area contributed by atoms with Crippen LogP contribution in [0.1, 0.15) is 252 Å². The Labute approximate surface area is 714 Å². The van der Waals surface area contributed by atoms with Crippen molar-refractivity contribution in [2.75, 3.05) is 6.61 Å². The Morgan fingerprint density at radius 1 is 0.426 bits per heavy atom. The SMILES string of the molecule is CCCCCCC[C@@H](O)CC(=O)N[C@@H](CC(C)C)C(=O)N[C@H](CCC(=O)O)C(=O)N[C@H](CCC(N)=O)C(=O)N[C@@H](C(=O)N[C@H](CC(C)C)C(=O)N[C@@H](CCC(N)=O)C(=O)N[C@@H]1COC(=O)[C@H]([C@@H](C)CC)NC(=O)[C@@H](CCC(N)=O)NC(=O)[C@H](CC(C)C)NC(=O)[C@H](C)NC(=O)[C@@H](CCC(N)=O)NC(=O)[C@@H](CC(C)C)NC(=O)[C@@H](C(C)C)NC1=O)C(C)C. The van der Waals surface area contributed by atoms with Crippen molar-refractivity contribution < 1.29 is 111 Å². The van der Waals surface area contributed by atoms with Crippen molar-refractivity contribution in [3.63, 3.8) is 0 Å². The van der Waals surface area contributed by atoms with Crippen LogP contribution in [0.15, 0.2) is 0 Å². The van der Waals surface area contributed by atoms with Gasteiger partial charge < -0.3 is 112 Å². The minimum Gasteiger partial charge on any atom is -0.481 e. The summed E-state index contributed by atoms with van der Waals surface area (Å²) in [6.45, 7) is 24.9. The average Bonchev–Trinajstić information content (AvgIpc) is 1.08. The first kappa shape index (κ1) is 109. The topological polar surface area (TPSA) is 664 Å². The standard InChI is InChI=1S/C81H140N18O23/c1-17-19-20-21-22-23-48(100)38-63(105)87-54(34-40(3)4)74(114)92-53(28-33-64(106)107)70(110)88-51(26-31-61(84)103)72(112)97-65(44(11)12)79(119)94-57(37-43(9)10)77(117)90-50(25-30-60(83)102)71(111)96-58-39-122-81(121)67(46(15)18-2)99-73(113)52(27-32-62(85)104)91-75(115)55(35-41(5)6)93-68(108)47(16)86-69(109)49(24-29-59(82)101)89-76(116)56(36-42(7)8)95-80(120)66(45(13)14)98-78(58)118/h40-58,65-67,100H,17-39H2,1-16H3,(H2,82,101)(H2,83,102)(H2,84,103)(H2,85,104)(H,86,109)(H,87,105)(H,88,110)(H,89,116)(H,90,117)(H,91,115)(H,92,114)(H,93,108)(H,94,119)(H,95,120)(H,96,111)(H,97,112)(H,98,118)(H,99,113)(H,106,107)/t46-,47-,48+,49+,50-,51+,52+,53+,54-,55-,56+,57+,58+,65+,66+,67-/m0/s1. The summed E-state index contributed by atoms with van der Waals surface area (Å²) < 4.78 is 5.77. The van der Waals surface area contributed by atoms with Crippen LogP contribution >= 0.6 is 0 Å². The molecule has 0 spiro atoms. The Bertz CT molecular complexity index is 3560. The van der Waals surface area contributed by atoms with Crippen molar-refractivity contribution in [1.29, 1.82) is 0 Å². The van der Waals surface area contributed by atoms with Gasteiger partial charge in [-0.25, -0.2) is 4.79 Å². The molecule has 0 aromatic heterocycles. The van der Waals surface area contributed by atoms with E-state index < -0.39 is 303 Å². The molecule has 122 heavy (non-hydrogen) atoms. The number of carbonyl (C=O) groups excluding carboxylic acids is 19. The van der Waals surface area contributed by atoms with Gasteiger partial charge in [-0.2, -0.15) is 0 Å². The lowest BCUT2D eigenvalue weighted by Gasteiger charge is -2.30. The number of nitrogens with two attached hydrogens (primary N) is 4. The highest BCUT2D eigenvalue weighted by Crippen LogP contribution is 2.19. The lowest BCUT2D eigenvalue weighted by molar-refractivity contribution is -0.152. The Hall–Kier alpha value is -10.6. The van der Waals surface area contributed by atoms with Gasteiger partial charge in [-0.15, -0.1) is 0 Å². The van der Waals surface area contributed by atoms with E-state index in [2.05, 4.69) is 81.4 Å². The molecule has 0 unspecified atom stereocenters. The fraction of sp³-hybridized carbons (Fsp3) is 0.753. The van der Waals surface area contributed by atoms with Crippen molar-refractivity contribution >= 4 is 118 Å². The molecule has 1 aliphatic heterocycles. The van der Waals surface area contributed by atoms with Crippen molar-refractivity contribution in [1.82, 2.24) is 74.4 Å². The van der Waals surface area contributed by atoms with Crippen molar-refractivity contribution in [2.45, 2.75) is 343 Å². The molecule has 0 saturated carbocycles. The molecule has 0 bridgehead atoms. The smallest absolute Gasteiger partial charge is 0.329 e. The van der Waals surface area contributed by atoms with Crippen LogP contribution in [0.4, 0.5) is 0 Å². The van der Waals surface area contributed by atoms with Gasteiger partial charge in [0.2, 0.25) is 106 Å². The van der Waals surface area contributed by atoms with Crippen LogP contribution in [0, 0.1) is 41.4 Å². The molecule has 41 heteroatoms. The number of amides is 18. The Balaban J connectivity index is 4.18. The first-order valence-corrected chi connectivity index (χ1v) is 42.4. The molecule has 41 nitrogen and oxygen atoms in total. The zero-order valence-electron chi connectivity index (χ0n) is 73.7. The number of carboxylic acids is 1. The maximum atomic E-state index is 15.1. The number of hydrogen-bond donors (Lipinski definition) is 20. The number of aliphatic carboxylic acids is 1. The van der Waals surface area contributed by atoms with Gasteiger partial charge in [-0.3, -0.25) is 91.1 Å². The van der Waals surface area contributed by atoms with Crippen LogP contribution in [0.5, 0.6) is 0 Å². The van der Waals surface area contributed by atoms with Crippen LogP contribution in [0.2, 0.25) is 0 Å². The predicted molar refractivity (Wildman–Crippen MR) is 445 cm³/mol. The summed E-state index contributed by atoms with van der Waals surface area (Å²) in [5.41, 5.74) is 22.1. The first-order valence-electron chi connectivity index (χ1n) is 42.4. The minimum absolute atomic E-state index is 0.0343. The van der Waals surface area contributed by atoms with E-state index in [-0.39, 0.29) is 56.3 Å².